The van der Waals surface area contributed by atoms with E-state index in [1.54, 1.807) is 6.92 Å². The van der Waals surface area contributed by atoms with Crippen molar-refractivity contribution < 1.29 is 14.6 Å². The number of fused-ring (bicyclic) bond motifs is 2. The number of morpholine rings is 1. The average Bonchev–Trinajstić information content (AvgIpc) is 2.44. The first-order valence-corrected chi connectivity index (χ1v) is 5.37. The largest absolute Gasteiger partial charge is 0.480 e. The van der Waals surface area contributed by atoms with Gasteiger partial charge < -0.3 is 15.6 Å². The SMILES string of the molecule is CC(N)(CN1CC2CCC(C1)O2)C(=O)O. The van der Waals surface area contributed by atoms with Gasteiger partial charge in [-0.3, -0.25) is 9.69 Å². The highest BCUT2D eigenvalue weighted by atomic mass is 16.5. The van der Waals surface area contributed by atoms with E-state index in [1.807, 2.05) is 0 Å². The lowest BCUT2D eigenvalue weighted by atomic mass is 10.0. The summed E-state index contributed by atoms with van der Waals surface area (Å²) in [6, 6.07) is 0. The summed E-state index contributed by atoms with van der Waals surface area (Å²) in [4.78, 5) is 13.0. The maximum Gasteiger partial charge on any atom is 0.324 e. The second kappa shape index (κ2) is 3.73. The molecule has 3 unspecified atom stereocenters. The van der Waals surface area contributed by atoms with E-state index in [2.05, 4.69) is 4.90 Å². The van der Waals surface area contributed by atoms with E-state index in [1.165, 1.54) is 0 Å². The van der Waals surface area contributed by atoms with E-state index in [9.17, 15) is 4.79 Å². The molecule has 5 nitrogen and oxygen atoms in total. The van der Waals surface area contributed by atoms with E-state index >= 15 is 0 Å². The molecule has 15 heavy (non-hydrogen) atoms. The predicted molar refractivity (Wildman–Crippen MR) is 54.6 cm³/mol. The number of nitrogens with two attached hydrogens (primary N) is 1. The van der Waals surface area contributed by atoms with E-state index in [-0.39, 0.29) is 12.2 Å². The average molecular weight is 214 g/mol. The third-order valence-electron chi connectivity index (χ3n) is 3.16. The molecule has 0 spiro atoms. The van der Waals surface area contributed by atoms with Crippen LogP contribution in [-0.4, -0.2) is 53.4 Å². The summed E-state index contributed by atoms with van der Waals surface area (Å²) in [5.41, 5.74) is 4.56. The van der Waals surface area contributed by atoms with E-state index in [0.29, 0.717) is 6.54 Å². The third kappa shape index (κ3) is 2.30. The maximum atomic E-state index is 10.9. The van der Waals surface area contributed by atoms with Crippen molar-refractivity contribution >= 4 is 5.97 Å². The van der Waals surface area contributed by atoms with Crippen LogP contribution in [0.4, 0.5) is 0 Å². The fourth-order valence-corrected chi connectivity index (χ4v) is 2.36. The highest BCUT2D eigenvalue weighted by molar-refractivity contribution is 5.78. The summed E-state index contributed by atoms with van der Waals surface area (Å²) in [6.07, 6.45) is 2.76. The molecule has 0 aromatic rings. The Balaban J connectivity index is 1.93. The van der Waals surface area contributed by atoms with E-state index in [4.69, 9.17) is 15.6 Å². The molecule has 3 atom stereocenters. The second-order valence-corrected chi connectivity index (χ2v) is 4.87. The molecule has 0 amide bonds. The van der Waals surface area contributed by atoms with Crippen LogP contribution in [0.15, 0.2) is 0 Å². The summed E-state index contributed by atoms with van der Waals surface area (Å²) < 4.78 is 5.67. The molecular weight excluding hydrogens is 196 g/mol. The number of carboxylic acids is 1. The van der Waals surface area contributed by atoms with Gasteiger partial charge in [-0.25, -0.2) is 0 Å². The zero-order valence-corrected chi connectivity index (χ0v) is 8.98. The molecule has 2 heterocycles. The maximum absolute atomic E-state index is 10.9. The van der Waals surface area contributed by atoms with Crippen molar-refractivity contribution in [2.24, 2.45) is 5.73 Å². The summed E-state index contributed by atoms with van der Waals surface area (Å²) >= 11 is 0. The van der Waals surface area contributed by atoms with Gasteiger partial charge in [0.1, 0.15) is 5.54 Å². The molecular formula is C10H18N2O3. The van der Waals surface area contributed by atoms with Gasteiger partial charge in [-0.15, -0.1) is 0 Å². The molecule has 2 fully saturated rings. The molecule has 2 rings (SSSR count). The summed E-state index contributed by atoms with van der Waals surface area (Å²) in [7, 11) is 0. The van der Waals surface area contributed by atoms with Crippen LogP contribution in [0, 0.1) is 0 Å². The quantitative estimate of drug-likeness (QED) is 0.671. The Kier molecular flexibility index (Phi) is 2.70. The van der Waals surface area contributed by atoms with Crippen molar-refractivity contribution in [3.8, 4) is 0 Å². The van der Waals surface area contributed by atoms with Gasteiger partial charge in [-0.05, 0) is 19.8 Å². The van der Waals surface area contributed by atoms with Crippen molar-refractivity contribution in [1.29, 1.82) is 0 Å². The van der Waals surface area contributed by atoms with Gasteiger partial charge in [-0.1, -0.05) is 0 Å². The first-order valence-electron chi connectivity index (χ1n) is 5.37. The monoisotopic (exact) mass is 214 g/mol. The fourth-order valence-electron chi connectivity index (χ4n) is 2.36. The zero-order valence-electron chi connectivity index (χ0n) is 8.98. The molecule has 3 N–H and O–H groups in total. The predicted octanol–water partition coefficient (Wildman–Crippen LogP) is -0.348. The number of nitrogens with zero attached hydrogens (tertiary/aromatic N) is 1. The number of carboxylic acid groups (broad SMARTS) is 1. The van der Waals surface area contributed by atoms with Crippen LogP contribution in [0.3, 0.4) is 0 Å². The zero-order chi connectivity index (χ0) is 11.1. The van der Waals surface area contributed by atoms with Crippen LogP contribution in [0.2, 0.25) is 0 Å². The molecule has 0 aromatic heterocycles. The molecule has 2 bridgehead atoms. The highest BCUT2D eigenvalue weighted by Gasteiger charge is 2.38. The summed E-state index contributed by atoms with van der Waals surface area (Å²) in [5.74, 6) is -0.943. The van der Waals surface area contributed by atoms with Crippen LogP contribution in [0.1, 0.15) is 19.8 Å². The first kappa shape index (κ1) is 10.9. The van der Waals surface area contributed by atoms with Gasteiger partial charge in [-0.2, -0.15) is 0 Å². The molecule has 2 aliphatic heterocycles. The Morgan fingerprint density at radius 3 is 2.53 bits per heavy atom. The lowest BCUT2D eigenvalue weighted by molar-refractivity contribution is -0.144. The Hall–Kier alpha value is -0.650. The molecule has 5 heteroatoms. The van der Waals surface area contributed by atoms with Crippen LogP contribution in [0.5, 0.6) is 0 Å². The van der Waals surface area contributed by atoms with Gasteiger partial charge in [0.25, 0.3) is 0 Å². The van der Waals surface area contributed by atoms with Crippen molar-refractivity contribution in [3.05, 3.63) is 0 Å². The standard InChI is InChI=1S/C10H18N2O3/c1-10(11,9(13)14)6-12-4-7-2-3-8(5-12)15-7/h7-8H,2-6,11H2,1H3,(H,13,14). The Labute approximate surface area is 89.2 Å². The number of hydrogen-bond acceptors (Lipinski definition) is 4. The third-order valence-corrected chi connectivity index (χ3v) is 3.16. The van der Waals surface area contributed by atoms with Gasteiger partial charge in [0.05, 0.1) is 12.2 Å². The van der Waals surface area contributed by atoms with Crippen LogP contribution >= 0.6 is 0 Å². The van der Waals surface area contributed by atoms with Crippen LogP contribution in [-0.2, 0) is 9.53 Å². The molecule has 0 saturated carbocycles. The van der Waals surface area contributed by atoms with E-state index in [0.717, 1.165) is 25.9 Å². The first-order chi connectivity index (χ1) is 6.97. The van der Waals surface area contributed by atoms with Crippen LogP contribution < -0.4 is 5.73 Å². The van der Waals surface area contributed by atoms with Gasteiger partial charge in [0.2, 0.25) is 0 Å². The number of aliphatic carboxylic acids is 1. The van der Waals surface area contributed by atoms with Crippen molar-refractivity contribution in [2.75, 3.05) is 19.6 Å². The minimum absolute atomic E-state index is 0.286. The number of carbonyl (C=O) groups is 1. The second-order valence-electron chi connectivity index (χ2n) is 4.87. The van der Waals surface area contributed by atoms with Crippen molar-refractivity contribution in [3.63, 3.8) is 0 Å². The lowest BCUT2D eigenvalue weighted by Gasteiger charge is -2.35. The number of ether oxygens (including phenoxy) is 1. The van der Waals surface area contributed by atoms with Gasteiger partial charge in [0, 0.05) is 19.6 Å². The minimum atomic E-state index is -1.16. The van der Waals surface area contributed by atoms with Gasteiger partial charge in [0.15, 0.2) is 0 Å². The Bertz CT molecular complexity index is 255. The topological polar surface area (TPSA) is 75.8 Å². The fraction of sp³-hybridized carbons (Fsp3) is 0.900. The summed E-state index contributed by atoms with van der Waals surface area (Å²) in [5, 5.41) is 8.94. The van der Waals surface area contributed by atoms with Crippen molar-refractivity contribution in [2.45, 2.75) is 37.5 Å². The molecule has 86 valence electrons. The molecule has 0 radical (unpaired) electrons. The van der Waals surface area contributed by atoms with Gasteiger partial charge >= 0.3 is 5.97 Å². The number of likely N-dealkylation sites (tertiary alicyclic amines) is 1. The minimum Gasteiger partial charge on any atom is -0.480 e. The molecule has 2 aliphatic rings. The molecule has 0 aromatic carbocycles. The summed E-state index contributed by atoms with van der Waals surface area (Å²) in [6.45, 7) is 3.60. The van der Waals surface area contributed by atoms with Crippen molar-refractivity contribution in [1.82, 2.24) is 4.90 Å². The molecule has 2 saturated heterocycles. The van der Waals surface area contributed by atoms with E-state index < -0.39 is 11.5 Å². The normalized spacial score (nSPS) is 35.1. The smallest absolute Gasteiger partial charge is 0.324 e. The highest BCUT2D eigenvalue weighted by Crippen LogP contribution is 2.26. The Morgan fingerprint density at radius 1 is 1.53 bits per heavy atom. The lowest BCUT2D eigenvalue weighted by Crippen LogP contribution is -2.57. The number of rotatable bonds is 3. The number of hydrogen-bond donors (Lipinski definition) is 2. The molecule has 0 aliphatic carbocycles. The Morgan fingerprint density at radius 2 is 2.07 bits per heavy atom. The van der Waals surface area contributed by atoms with Crippen LogP contribution in [0.25, 0.3) is 0 Å².